The van der Waals surface area contributed by atoms with Crippen molar-refractivity contribution in [2.24, 2.45) is 0 Å². The highest BCUT2D eigenvalue weighted by Crippen LogP contribution is 2.27. The second kappa shape index (κ2) is 11.5. The highest BCUT2D eigenvalue weighted by molar-refractivity contribution is 7.99. The van der Waals surface area contributed by atoms with E-state index in [2.05, 4.69) is 43.7 Å². The molecule has 2 heterocycles. The van der Waals surface area contributed by atoms with E-state index in [9.17, 15) is 9.59 Å². The Balaban J connectivity index is 1.86. The Hall–Kier alpha value is -2.91. The minimum Gasteiger partial charge on any atom is -0.462 e. The zero-order chi connectivity index (χ0) is 24.8. The number of hydrogen-bond acceptors (Lipinski definition) is 7. The number of esters is 1. The molecule has 9 heteroatoms. The summed E-state index contributed by atoms with van der Waals surface area (Å²) in [6.45, 7) is 8.34. The molecule has 0 aliphatic heterocycles. The molecular weight excluding hydrogens is 450 g/mol. The third-order valence-electron chi connectivity index (χ3n) is 5.77. The van der Waals surface area contributed by atoms with Gasteiger partial charge in [-0.25, -0.2) is 4.79 Å². The van der Waals surface area contributed by atoms with Crippen LogP contribution in [0.1, 0.15) is 69.8 Å². The molecule has 0 saturated heterocycles. The molecule has 0 bridgehead atoms. The van der Waals surface area contributed by atoms with Crippen molar-refractivity contribution in [1.82, 2.24) is 24.6 Å². The molecule has 1 N–H and O–H groups in total. The molecule has 34 heavy (non-hydrogen) atoms. The minimum atomic E-state index is -0.415. The van der Waals surface area contributed by atoms with E-state index in [0.29, 0.717) is 34.2 Å². The number of benzene rings is 1. The van der Waals surface area contributed by atoms with Gasteiger partial charge in [-0.3, -0.25) is 9.69 Å². The van der Waals surface area contributed by atoms with E-state index in [1.54, 1.807) is 20.8 Å². The predicted molar refractivity (Wildman–Crippen MR) is 134 cm³/mol. The second-order valence-corrected chi connectivity index (χ2v) is 9.30. The van der Waals surface area contributed by atoms with Crippen LogP contribution in [-0.2, 0) is 11.3 Å². The molecule has 2 aromatic heterocycles. The zero-order valence-electron chi connectivity index (χ0n) is 20.7. The van der Waals surface area contributed by atoms with Crippen LogP contribution in [0, 0.1) is 13.8 Å². The van der Waals surface area contributed by atoms with Gasteiger partial charge in [0.15, 0.2) is 16.8 Å². The summed E-state index contributed by atoms with van der Waals surface area (Å²) in [6.07, 6.45) is 0.890. The molecule has 0 saturated carbocycles. The van der Waals surface area contributed by atoms with Crippen LogP contribution in [0.4, 0.5) is 0 Å². The summed E-state index contributed by atoms with van der Waals surface area (Å²) < 4.78 is 7.23. The maximum Gasteiger partial charge on any atom is 0.340 e. The molecule has 0 spiro atoms. The normalized spacial score (nSPS) is 12.2. The third kappa shape index (κ3) is 5.59. The van der Waals surface area contributed by atoms with Gasteiger partial charge < -0.3 is 14.3 Å². The number of carbonyl (C=O) groups is 2. The summed E-state index contributed by atoms with van der Waals surface area (Å²) in [4.78, 5) is 30.6. The van der Waals surface area contributed by atoms with Gasteiger partial charge >= 0.3 is 5.97 Å². The Kier molecular flexibility index (Phi) is 8.68. The first-order chi connectivity index (χ1) is 16.3. The summed E-state index contributed by atoms with van der Waals surface area (Å²) in [5, 5.41) is 9.64. The standard InChI is InChI=1S/C25H33N5O3S/c1-7-19(29(5)6)23-27-28-25(30(23)14-18-12-10-9-11-13-18)34-15-20(31)22-16(3)21(17(4)26-22)24(32)33-8-2/h9-13,19,26H,7-8,14-15H2,1-6H3/t19-/m0/s1. The Morgan fingerprint density at radius 3 is 2.47 bits per heavy atom. The van der Waals surface area contributed by atoms with Crippen LogP contribution < -0.4 is 0 Å². The van der Waals surface area contributed by atoms with Crippen LogP contribution in [0.2, 0.25) is 0 Å². The summed E-state index contributed by atoms with van der Waals surface area (Å²) in [6, 6.07) is 10.3. The molecule has 8 nitrogen and oxygen atoms in total. The molecule has 0 amide bonds. The predicted octanol–water partition coefficient (Wildman–Crippen LogP) is 4.44. The first kappa shape index (κ1) is 25.7. The minimum absolute atomic E-state index is 0.100. The number of aryl methyl sites for hydroxylation is 1. The summed E-state index contributed by atoms with van der Waals surface area (Å²) in [7, 11) is 4.06. The van der Waals surface area contributed by atoms with Crippen LogP contribution in [0.5, 0.6) is 0 Å². The molecule has 0 aliphatic rings. The van der Waals surface area contributed by atoms with Crippen LogP contribution in [0.25, 0.3) is 0 Å². The van der Waals surface area contributed by atoms with Crippen molar-refractivity contribution in [1.29, 1.82) is 0 Å². The number of hydrogen-bond donors (Lipinski definition) is 1. The van der Waals surface area contributed by atoms with Gasteiger partial charge in [0, 0.05) is 5.69 Å². The molecular formula is C25H33N5O3S. The van der Waals surface area contributed by atoms with Crippen molar-refractivity contribution >= 4 is 23.5 Å². The molecule has 0 fully saturated rings. The average molecular weight is 484 g/mol. The Morgan fingerprint density at radius 1 is 1.15 bits per heavy atom. The van der Waals surface area contributed by atoms with Crippen molar-refractivity contribution < 1.29 is 14.3 Å². The van der Waals surface area contributed by atoms with E-state index in [1.165, 1.54) is 11.8 Å². The number of aromatic nitrogens is 4. The van der Waals surface area contributed by atoms with Crippen LogP contribution in [0.15, 0.2) is 35.5 Å². The Bertz CT molecular complexity index is 1140. The van der Waals surface area contributed by atoms with Gasteiger partial charge in [0.25, 0.3) is 0 Å². The number of ketones is 1. The largest absolute Gasteiger partial charge is 0.462 e. The van der Waals surface area contributed by atoms with Crippen molar-refractivity contribution in [2.45, 2.75) is 51.9 Å². The molecule has 0 radical (unpaired) electrons. The van der Waals surface area contributed by atoms with E-state index < -0.39 is 5.97 Å². The van der Waals surface area contributed by atoms with E-state index in [1.807, 2.05) is 32.3 Å². The fourth-order valence-electron chi connectivity index (χ4n) is 4.09. The summed E-state index contributed by atoms with van der Waals surface area (Å²) in [5.41, 5.74) is 3.26. The van der Waals surface area contributed by atoms with Gasteiger partial charge in [-0.1, -0.05) is 49.0 Å². The highest BCUT2D eigenvalue weighted by Gasteiger charge is 2.25. The molecule has 0 unspecified atom stereocenters. The van der Waals surface area contributed by atoms with Crippen molar-refractivity contribution in [3.63, 3.8) is 0 Å². The number of rotatable bonds is 11. The second-order valence-electron chi connectivity index (χ2n) is 8.36. The number of H-pyrrole nitrogens is 1. The maximum atomic E-state index is 13.1. The van der Waals surface area contributed by atoms with Gasteiger partial charge in [0.2, 0.25) is 0 Å². The lowest BCUT2D eigenvalue weighted by atomic mass is 10.1. The third-order valence-corrected chi connectivity index (χ3v) is 6.73. The summed E-state index contributed by atoms with van der Waals surface area (Å²) >= 11 is 1.36. The number of ether oxygens (including phenoxy) is 1. The van der Waals surface area contributed by atoms with Gasteiger partial charge in [-0.05, 0) is 52.4 Å². The lowest BCUT2D eigenvalue weighted by Crippen LogP contribution is -2.23. The van der Waals surface area contributed by atoms with E-state index in [0.717, 1.165) is 17.8 Å². The molecule has 1 atom stereocenters. The van der Waals surface area contributed by atoms with E-state index in [4.69, 9.17) is 4.74 Å². The highest BCUT2D eigenvalue weighted by atomic mass is 32.2. The van der Waals surface area contributed by atoms with Crippen molar-refractivity contribution in [3.05, 3.63) is 64.2 Å². The Labute approximate surface area is 205 Å². The average Bonchev–Trinajstić information content (AvgIpc) is 3.33. The smallest absolute Gasteiger partial charge is 0.340 e. The number of aromatic amines is 1. The van der Waals surface area contributed by atoms with Gasteiger partial charge in [0.05, 0.1) is 36.2 Å². The number of nitrogens with zero attached hydrogens (tertiary/aromatic N) is 4. The lowest BCUT2D eigenvalue weighted by molar-refractivity contribution is 0.0525. The molecule has 1 aromatic carbocycles. The van der Waals surface area contributed by atoms with Gasteiger partial charge in [-0.15, -0.1) is 10.2 Å². The molecule has 182 valence electrons. The first-order valence-corrected chi connectivity index (χ1v) is 12.4. The number of thioether (sulfide) groups is 1. The molecule has 3 aromatic rings. The van der Waals surface area contributed by atoms with Crippen molar-refractivity contribution in [2.75, 3.05) is 26.5 Å². The number of carbonyl (C=O) groups excluding carboxylic acids is 2. The van der Waals surface area contributed by atoms with Gasteiger partial charge in [-0.2, -0.15) is 0 Å². The van der Waals surface area contributed by atoms with E-state index >= 15 is 0 Å². The van der Waals surface area contributed by atoms with Crippen LogP contribution in [0.3, 0.4) is 0 Å². The number of Topliss-reactive ketones (excluding diaryl/α,β-unsaturated/α-hetero) is 1. The van der Waals surface area contributed by atoms with Crippen LogP contribution in [-0.4, -0.2) is 62.9 Å². The maximum absolute atomic E-state index is 13.1. The quantitative estimate of drug-likeness (QED) is 0.245. The Morgan fingerprint density at radius 2 is 1.85 bits per heavy atom. The number of nitrogens with one attached hydrogen (secondary N) is 1. The van der Waals surface area contributed by atoms with Gasteiger partial charge in [0.1, 0.15) is 0 Å². The summed E-state index contributed by atoms with van der Waals surface area (Å²) in [5.74, 6) is 0.538. The lowest BCUT2D eigenvalue weighted by Gasteiger charge is -2.23. The SMILES string of the molecule is CCOC(=O)c1c(C)[nH]c(C(=O)CSc2nnc([C@H](CC)N(C)C)n2Cc2ccccc2)c1C. The molecule has 3 rings (SSSR count). The zero-order valence-corrected chi connectivity index (χ0v) is 21.5. The first-order valence-electron chi connectivity index (χ1n) is 11.4. The molecule has 0 aliphatic carbocycles. The van der Waals surface area contributed by atoms with E-state index in [-0.39, 0.29) is 24.2 Å². The van der Waals surface area contributed by atoms with Crippen molar-refractivity contribution in [3.8, 4) is 0 Å². The fraction of sp³-hybridized carbons (Fsp3) is 0.440. The monoisotopic (exact) mass is 483 g/mol. The fourth-order valence-corrected chi connectivity index (χ4v) is 4.90. The topological polar surface area (TPSA) is 93.1 Å². The van der Waals surface area contributed by atoms with Crippen LogP contribution >= 0.6 is 11.8 Å².